The van der Waals surface area contributed by atoms with Gasteiger partial charge in [0.2, 0.25) is 0 Å². The average molecular weight is 670 g/mol. The number of esters is 1. The monoisotopic (exact) mass is 669 g/mol. The highest BCUT2D eigenvalue weighted by atomic mass is 16.7. The minimum atomic E-state index is -1.13. The van der Waals surface area contributed by atoms with Crippen LogP contribution in [-0.4, -0.2) is 91.2 Å². The molecule has 0 amide bonds. The molecule has 8 heteroatoms. The number of aliphatic hydroxyl groups is 1. The van der Waals surface area contributed by atoms with Crippen LogP contribution in [0.2, 0.25) is 0 Å². The summed E-state index contributed by atoms with van der Waals surface area (Å²) in [5.41, 5.74) is 0.300. The molecule has 12 atom stereocenters. The van der Waals surface area contributed by atoms with Gasteiger partial charge < -0.3 is 28.8 Å². The average Bonchev–Trinajstić information content (AvgIpc) is 3.91. The minimum Gasteiger partial charge on any atom is -0.457 e. The molecule has 0 bridgehead atoms. The number of fused-ring (bicyclic) bond motifs is 4. The molecule has 0 radical (unpaired) electrons. The van der Waals surface area contributed by atoms with Crippen LogP contribution in [0.1, 0.15) is 118 Å². The zero-order valence-corrected chi connectivity index (χ0v) is 30.4. The van der Waals surface area contributed by atoms with E-state index < -0.39 is 11.7 Å². The van der Waals surface area contributed by atoms with E-state index in [9.17, 15) is 9.90 Å². The van der Waals surface area contributed by atoms with Gasteiger partial charge in [-0.2, -0.15) is 0 Å². The smallest absolute Gasteiger partial charge is 0.306 e. The Hall–Kier alpha value is -0.770. The van der Waals surface area contributed by atoms with Crippen molar-refractivity contribution in [3.63, 3.8) is 0 Å². The molecule has 0 aromatic heterocycles. The first-order valence-corrected chi connectivity index (χ1v) is 20.0. The SMILES string of the molecule is CC12CC[C@@]34CC35CC[C@H](OC3CN(C6COC6)CCO3)C(C)(C)C5CCC4C1CC1OC([C@H](OC(=O)CC3CC3)C(C)(C)O)CCC12. The van der Waals surface area contributed by atoms with E-state index in [0.717, 1.165) is 77.4 Å². The Balaban J connectivity index is 0.882. The second-order valence-corrected chi connectivity index (χ2v) is 19.7. The van der Waals surface area contributed by atoms with E-state index >= 15 is 0 Å². The van der Waals surface area contributed by atoms with Crippen LogP contribution in [0, 0.1) is 51.2 Å². The zero-order chi connectivity index (χ0) is 33.3. The third-order valence-corrected chi connectivity index (χ3v) is 16.5. The molecule has 48 heavy (non-hydrogen) atoms. The quantitative estimate of drug-likeness (QED) is 0.310. The first-order valence-electron chi connectivity index (χ1n) is 20.0. The Bertz CT molecular complexity index is 1260. The van der Waals surface area contributed by atoms with Crippen LogP contribution in [0.5, 0.6) is 0 Å². The van der Waals surface area contributed by atoms with Crippen molar-refractivity contribution in [1.82, 2.24) is 4.90 Å². The van der Waals surface area contributed by atoms with Crippen molar-refractivity contribution in [1.29, 1.82) is 0 Å². The number of carbonyl (C=O) groups excluding carboxylic acids is 1. The van der Waals surface area contributed by atoms with Crippen molar-refractivity contribution in [2.45, 2.75) is 160 Å². The molecule has 3 saturated heterocycles. The van der Waals surface area contributed by atoms with Crippen LogP contribution in [0.15, 0.2) is 0 Å². The van der Waals surface area contributed by atoms with Gasteiger partial charge in [0.1, 0.15) is 0 Å². The normalized spacial score (nSPS) is 49.0. The van der Waals surface area contributed by atoms with E-state index in [-0.39, 0.29) is 36.0 Å². The Labute approximate surface area is 288 Å². The summed E-state index contributed by atoms with van der Waals surface area (Å²) in [6.45, 7) is 15.5. The highest BCUT2D eigenvalue weighted by Crippen LogP contribution is 2.87. The van der Waals surface area contributed by atoms with Gasteiger partial charge in [-0.3, -0.25) is 9.69 Å². The summed E-state index contributed by atoms with van der Waals surface area (Å²) < 4.78 is 31.6. The van der Waals surface area contributed by atoms with Crippen LogP contribution in [0.25, 0.3) is 0 Å². The first-order chi connectivity index (χ1) is 22.8. The molecule has 3 heterocycles. The van der Waals surface area contributed by atoms with Gasteiger partial charge in [-0.25, -0.2) is 0 Å². The van der Waals surface area contributed by atoms with Gasteiger partial charge in [0, 0.05) is 13.0 Å². The molecule has 9 unspecified atom stereocenters. The fraction of sp³-hybridized carbons (Fsp3) is 0.975. The summed E-state index contributed by atoms with van der Waals surface area (Å²) in [5, 5.41) is 11.1. The third-order valence-electron chi connectivity index (χ3n) is 16.5. The van der Waals surface area contributed by atoms with Gasteiger partial charge in [-0.15, -0.1) is 0 Å². The van der Waals surface area contributed by atoms with Crippen LogP contribution in [0.4, 0.5) is 0 Å². The van der Waals surface area contributed by atoms with E-state index in [1.807, 2.05) is 0 Å². The Morgan fingerprint density at radius 3 is 2.48 bits per heavy atom. The number of carbonyl (C=O) groups is 1. The van der Waals surface area contributed by atoms with Crippen LogP contribution < -0.4 is 0 Å². The number of rotatable bonds is 8. The molecule has 0 aromatic rings. The number of morpholine rings is 1. The molecule has 3 aliphatic heterocycles. The Morgan fingerprint density at radius 2 is 1.75 bits per heavy atom. The summed E-state index contributed by atoms with van der Waals surface area (Å²) in [6, 6.07) is 0.536. The minimum absolute atomic E-state index is 0.124. The summed E-state index contributed by atoms with van der Waals surface area (Å²) >= 11 is 0. The van der Waals surface area contributed by atoms with Crippen molar-refractivity contribution < 1.29 is 33.6 Å². The van der Waals surface area contributed by atoms with Crippen molar-refractivity contribution >= 4 is 5.97 Å². The van der Waals surface area contributed by atoms with Crippen molar-refractivity contribution in [3.8, 4) is 0 Å². The van der Waals surface area contributed by atoms with Gasteiger partial charge in [0.25, 0.3) is 0 Å². The van der Waals surface area contributed by atoms with Gasteiger partial charge in [-0.05, 0) is 142 Å². The fourth-order valence-corrected chi connectivity index (χ4v) is 13.8. The van der Waals surface area contributed by atoms with Gasteiger partial charge in [0.05, 0.1) is 56.3 Å². The summed E-state index contributed by atoms with van der Waals surface area (Å²) in [5.74, 6) is 3.07. The molecule has 9 rings (SSSR count). The number of nitrogens with zero attached hydrogens (tertiary/aromatic N) is 1. The first kappa shape index (κ1) is 33.1. The van der Waals surface area contributed by atoms with E-state index in [1.54, 1.807) is 13.8 Å². The van der Waals surface area contributed by atoms with Crippen molar-refractivity contribution in [3.05, 3.63) is 0 Å². The molecule has 9 fully saturated rings. The molecule has 2 spiro atoms. The largest absolute Gasteiger partial charge is 0.457 e. The van der Waals surface area contributed by atoms with E-state index in [2.05, 4.69) is 25.7 Å². The topological polar surface area (TPSA) is 86.7 Å². The molecule has 6 aliphatic carbocycles. The summed E-state index contributed by atoms with van der Waals surface area (Å²) in [7, 11) is 0. The van der Waals surface area contributed by atoms with E-state index in [0.29, 0.717) is 52.4 Å². The highest BCUT2D eigenvalue weighted by Gasteiger charge is 2.80. The second kappa shape index (κ2) is 11.4. The lowest BCUT2D eigenvalue weighted by Gasteiger charge is -2.60. The standard InChI is InChI=1S/C40H63NO7/c1-36(2)31-11-9-26-28-19-30-27(8-10-29(46-30)35(37(3,4)43)48-33(42)18-24-6-7-24)38(28,5)14-15-39(26)23-40(31,39)13-12-32(36)47-34-20-41(16-17-45-34)25-21-44-22-25/h24-32,34-35,43H,6-23H2,1-5H3/t26?,27?,28?,29?,30?,31?,32-,34?,35-,38?,39-,40?/m0/s1. The lowest BCUT2D eigenvalue weighted by atomic mass is 9.46. The predicted octanol–water partition coefficient (Wildman–Crippen LogP) is 6.12. The molecule has 1 N–H and O–H groups in total. The molecular formula is C40H63NO7. The van der Waals surface area contributed by atoms with Gasteiger partial charge >= 0.3 is 5.97 Å². The van der Waals surface area contributed by atoms with Crippen molar-refractivity contribution in [2.75, 3.05) is 32.9 Å². The summed E-state index contributed by atoms with van der Waals surface area (Å²) in [6.07, 6.45) is 14.6. The van der Waals surface area contributed by atoms with Gasteiger partial charge in [0.15, 0.2) is 12.4 Å². The Morgan fingerprint density at radius 1 is 0.958 bits per heavy atom. The molecule has 0 aromatic carbocycles. The third kappa shape index (κ3) is 5.06. The number of hydrogen-bond donors (Lipinski definition) is 1. The molecular weight excluding hydrogens is 606 g/mol. The maximum atomic E-state index is 12.8. The number of ether oxygens (including phenoxy) is 5. The lowest BCUT2D eigenvalue weighted by molar-refractivity contribution is -0.253. The lowest BCUT2D eigenvalue weighted by Crippen LogP contribution is -2.58. The van der Waals surface area contributed by atoms with E-state index in [1.165, 1.54) is 38.5 Å². The maximum absolute atomic E-state index is 12.8. The predicted molar refractivity (Wildman–Crippen MR) is 180 cm³/mol. The number of hydrogen-bond acceptors (Lipinski definition) is 8. The second-order valence-electron chi connectivity index (χ2n) is 19.7. The summed E-state index contributed by atoms with van der Waals surface area (Å²) in [4.78, 5) is 15.3. The van der Waals surface area contributed by atoms with Crippen LogP contribution in [0.3, 0.4) is 0 Å². The molecule has 8 nitrogen and oxygen atoms in total. The van der Waals surface area contributed by atoms with Gasteiger partial charge in [-0.1, -0.05) is 20.8 Å². The maximum Gasteiger partial charge on any atom is 0.306 e. The highest BCUT2D eigenvalue weighted by molar-refractivity contribution is 5.70. The Kier molecular flexibility index (Phi) is 7.83. The van der Waals surface area contributed by atoms with E-state index in [4.69, 9.17) is 23.7 Å². The van der Waals surface area contributed by atoms with Crippen molar-refractivity contribution in [2.24, 2.45) is 51.2 Å². The van der Waals surface area contributed by atoms with Crippen LogP contribution in [-0.2, 0) is 28.5 Å². The van der Waals surface area contributed by atoms with Crippen LogP contribution >= 0.6 is 0 Å². The fourth-order valence-electron chi connectivity index (χ4n) is 13.8. The molecule has 6 saturated carbocycles. The zero-order valence-electron chi connectivity index (χ0n) is 30.4. The molecule has 270 valence electrons. The molecule has 9 aliphatic rings.